The molecule has 0 aliphatic carbocycles. The van der Waals surface area contributed by atoms with E-state index in [1.54, 1.807) is 4.57 Å². The van der Waals surface area contributed by atoms with E-state index in [1.165, 1.54) is 0 Å². The van der Waals surface area contributed by atoms with Gasteiger partial charge in [0.1, 0.15) is 5.65 Å². The van der Waals surface area contributed by atoms with Crippen molar-refractivity contribution in [2.75, 3.05) is 0 Å². The van der Waals surface area contributed by atoms with Crippen molar-refractivity contribution in [2.24, 2.45) is 0 Å². The lowest BCUT2D eigenvalue weighted by Gasteiger charge is -2.21. The molecule has 0 unspecified atom stereocenters. The first-order valence-corrected chi connectivity index (χ1v) is 5.53. The van der Waals surface area contributed by atoms with E-state index in [1.807, 2.05) is 33.0 Å². The van der Waals surface area contributed by atoms with Crippen LogP contribution in [0, 0.1) is 0 Å². The van der Waals surface area contributed by atoms with Gasteiger partial charge in [0.05, 0.1) is 0 Å². The highest BCUT2D eigenvalue weighted by atomic mass is 16.1. The number of nitrogens with one attached hydrogen (secondary N) is 1. The number of hydrogen-bond donors (Lipinski definition) is 1. The van der Waals surface area contributed by atoms with Crippen molar-refractivity contribution < 1.29 is 0 Å². The van der Waals surface area contributed by atoms with Crippen molar-refractivity contribution in [1.29, 1.82) is 0 Å². The number of aryl methyl sites for hydroxylation is 1. The molecule has 0 atom stereocenters. The van der Waals surface area contributed by atoms with Gasteiger partial charge in [-0.3, -0.25) is 4.57 Å². The topological polar surface area (TPSA) is 50.7 Å². The van der Waals surface area contributed by atoms with Crippen LogP contribution in [0.1, 0.15) is 33.4 Å². The van der Waals surface area contributed by atoms with Gasteiger partial charge in [-0.2, -0.15) is 4.98 Å². The quantitative estimate of drug-likeness (QED) is 0.798. The normalized spacial score (nSPS) is 12.2. The number of aromatic amines is 1. The molecule has 2 heterocycles. The smallest absolute Gasteiger partial charge is 0.343 e. The fourth-order valence-corrected chi connectivity index (χ4v) is 1.72. The molecule has 0 aliphatic heterocycles. The lowest BCUT2D eigenvalue weighted by molar-refractivity contribution is 0.380. The third-order valence-corrected chi connectivity index (χ3v) is 2.67. The molecule has 0 saturated carbocycles. The van der Waals surface area contributed by atoms with Crippen molar-refractivity contribution in [1.82, 2.24) is 14.5 Å². The molecule has 1 N–H and O–H groups in total. The lowest BCUT2D eigenvalue weighted by atomic mass is 10.1. The molecule has 0 bridgehead atoms. The van der Waals surface area contributed by atoms with Crippen LogP contribution in [0.15, 0.2) is 17.1 Å². The maximum Gasteiger partial charge on any atom is 0.350 e. The second-order valence-electron chi connectivity index (χ2n) is 5.02. The van der Waals surface area contributed by atoms with E-state index in [4.69, 9.17) is 0 Å². The summed E-state index contributed by atoms with van der Waals surface area (Å²) in [7, 11) is 0. The molecule has 0 fully saturated rings. The van der Waals surface area contributed by atoms with E-state index in [0.29, 0.717) is 5.65 Å². The van der Waals surface area contributed by atoms with Gasteiger partial charge in [0.25, 0.3) is 0 Å². The Labute approximate surface area is 94.3 Å². The Bertz CT molecular complexity index is 572. The molecule has 2 aromatic heterocycles. The highest BCUT2D eigenvalue weighted by molar-refractivity contribution is 5.75. The molecule has 86 valence electrons. The molecule has 2 rings (SSSR count). The average Bonchev–Trinajstić information content (AvgIpc) is 2.56. The number of fused-ring (bicyclic) bond motifs is 1. The van der Waals surface area contributed by atoms with Gasteiger partial charge >= 0.3 is 5.69 Å². The van der Waals surface area contributed by atoms with Crippen molar-refractivity contribution in [3.05, 3.63) is 28.4 Å². The summed E-state index contributed by atoms with van der Waals surface area (Å²) in [4.78, 5) is 19.0. The van der Waals surface area contributed by atoms with Gasteiger partial charge in [-0.15, -0.1) is 0 Å². The average molecular weight is 219 g/mol. The number of aromatic nitrogens is 3. The van der Waals surface area contributed by atoms with Gasteiger partial charge in [0, 0.05) is 22.8 Å². The molecular formula is C12H17N3O. The zero-order valence-corrected chi connectivity index (χ0v) is 10.2. The minimum absolute atomic E-state index is 0.204. The SMILES string of the molecule is CCc1cc2cn(C(C)(C)C)c(=O)nc2[nH]1. The monoisotopic (exact) mass is 219 g/mol. The van der Waals surface area contributed by atoms with E-state index < -0.39 is 0 Å². The summed E-state index contributed by atoms with van der Waals surface area (Å²) in [5.41, 5.74) is 1.35. The van der Waals surface area contributed by atoms with E-state index >= 15 is 0 Å². The molecule has 0 saturated heterocycles. The Kier molecular flexibility index (Phi) is 2.37. The summed E-state index contributed by atoms with van der Waals surface area (Å²) in [6.45, 7) is 8.06. The zero-order chi connectivity index (χ0) is 11.9. The molecule has 4 heteroatoms. The van der Waals surface area contributed by atoms with Crippen LogP contribution in [0.25, 0.3) is 11.0 Å². The van der Waals surface area contributed by atoms with Crippen LogP contribution < -0.4 is 5.69 Å². The predicted octanol–water partition coefficient (Wildman–Crippen LogP) is 2.04. The molecule has 0 radical (unpaired) electrons. The van der Waals surface area contributed by atoms with E-state index in [-0.39, 0.29) is 11.2 Å². The molecule has 2 aromatic rings. The molecule has 0 spiro atoms. The van der Waals surface area contributed by atoms with Gasteiger partial charge < -0.3 is 4.98 Å². The van der Waals surface area contributed by atoms with Crippen LogP contribution in [0.3, 0.4) is 0 Å². The van der Waals surface area contributed by atoms with Crippen LogP contribution in [0.2, 0.25) is 0 Å². The summed E-state index contributed by atoms with van der Waals surface area (Å²) in [5.74, 6) is 0. The van der Waals surface area contributed by atoms with Crippen LogP contribution in [-0.2, 0) is 12.0 Å². The van der Waals surface area contributed by atoms with Gasteiger partial charge in [-0.05, 0) is 33.3 Å². The molecule has 0 amide bonds. The number of rotatable bonds is 1. The van der Waals surface area contributed by atoms with Crippen LogP contribution in [-0.4, -0.2) is 14.5 Å². The Morgan fingerprint density at radius 1 is 1.44 bits per heavy atom. The highest BCUT2D eigenvalue weighted by Crippen LogP contribution is 2.16. The number of H-pyrrole nitrogens is 1. The first kappa shape index (κ1) is 10.9. The molecule has 0 aromatic carbocycles. The van der Waals surface area contributed by atoms with Crippen LogP contribution in [0.4, 0.5) is 0 Å². The standard InChI is InChI=1S/C12H17N3O/c1-5-9-6-8-7-15(12(2,3)4)11(16)14-10(8)13-9/h6-7H,5H2,1-4H3,(H,13,14,16). The summed E-state index contributed by atoms with van der Waals surface area (Å²) >= 11 is 0. The number of nitrogens with zero attached hydrogens (tertiary/aromatic N) is 2. The van der Waals surface area contributed by atoms with Crippen molar-refractivity contribution in [2.45, 2.75) is 39.7 Å². The summed E-state index contributed by atoms with van der Waals surface area (Å²) in [6.07, 6.45) is 2.79. The van der Waals surface area contributed by atoms with Gasteiger partial charge in [0.2, 0.25) is 0 Å². The third-order valence-electron chi connectivity index (χ3n) is 2.67. The highest BCUT2D eigenvalue weighted by Gasteiger charge is 2.16. The van der Waals surface area contributed by atoms with Crippen LogP contribution in [0.5, 0.6) is 0 Å². The second kappa shape index (κ2) is 3.47. The fraction of sp³-hybridized carbons (Fsp3) is 0.500. The van der Waals surface area contributed by atoms with E-state index in [9.17, 15) is 4.79 Å². The Morgan fingerprint density at radius 3 is 2.69 bits per heavy atom. The molecular weight excluding hydrogens is 202 g/mol. The maximum atomic E-state index is 11.8. The Hall–Kier alpha value is -1.58. The fourth-order valence-electron chi connectivity index (χ4n) is 1.72. The summed E-state index contributed by atoms with van der Waals surface area (Å²) in [5, 5.41) is 0.992. The number of hydrogen-bond acceptors (Lipinski definition) is 2. The zero-order valence-electron chi connectivity index (χ0n) is 10.2. The third kappa shape index (κ3) is 1.75. The molecule has 0 aliphatic rings. The lowest BCUT2D eigenvalue weighted by Crippen LogP contribution is -2.34. The Morgan fingerprint density at radius 2 is 2.12 bits per heavy atom. The molecule has 4 nitrogen and oxygen atoms in total. The first-order valence-electron chi connectivity index (χ1n) is 5.53. The maximum absolute atomic E-state index is 11.8. The minimum atomic E-state index is -0.234. The Balaban J connectivity index is 2.71. The largest absolute Gasteiger partial charge is 0.350 e. The van der Waals surface area contributed by atoms with Crippen LogP contribution >= 0.6 is 0 Å². The molecule has 16 heavy (non-hydrogen) atoms. The second-order valence-corrected chi connectivity index (χ2v) is 5.02. The van der Waals surface area contributed by atoms with Gasteiger partial charge in [-0.25, -0.2) is 4.79 Å². The van der Waals surface area contributed by atoms with Gasteiger partial charge in [0.15, 0.2) is 0 Å². The van der Waals surface area contributed by atoms with Crippen molar-refractivity contribution >= 4 is 11.0 Å². The van der Waals surface area contributed by atoms with Gasteiger partial charge in [-0.1, -0.05) is 6.92 Å². The first-order chi connectivity index (χ1) is 7.41. The predicted molar refractivity (Wildman–Crippen MR) is 64.7 cm³/mol. The summed E-state index contributed by atoms with van der Waals surface area (Å²) < 4.78 is 1.67. The van der Waals surface area contributed by atoms with E-state index in [0.717, 1.165) is 17.5 Å². The summed E-state index contributed by atoms with van der Waals surface area (Å²) in [6, 6.07) is 2.05. The van der Waals surface area contributed by atoms with E-state index in [2.05, 4.69) is 16.9 Å². The van der Waals surface area contributed by atoms with Crippen molar-refractivity contribution in [3.8, 4) is 0 Å². The van der Waals surface area contributed by atoms with Crippen molar-refractivity contribution in [3.63, 3.8) is 0 Å². The minimum Gasteiger partial charge on any atom is -0.343 e.